The highest BCUT2D eigenvalue weighted by atomic mass is 32.2. The highest BCUT2D eigenvalue weighted by Gasteiger charge is 2.15. The number of rotatable bonds is 8. The molecular weight excluding hydrogens is 392 g/mol. The van der Waals surface area contributed by atoms with Gasteiger partial charge in [-0.15, -0.1) is 6.58 Å². The Labute approximate surface area is 168 Å². The van der Waals surface area contributed by atoms with Crippen molar-refractivity contribution in [1.82, 2.24) is 20.2 Å². The van der Waals surface area contributed by atoms with E-state index in [1.165, 1.54) is 30.3 Å². The van der Waals surface area contributed by atoms with Gasteiger partial charge in [0.2, 0.25) is 10.0 Å². The number of benzene rings is 2. The summed E-state index contributed by atoms with van der Waals surface area (Å²) in [5.74, 6) is 0.341. The summed E-state index contributed by atoms with van der Waals surface area (Å²) < 4.78 is 31.7. The molecule has 0 fully saturated rings. The van der Waals surface area contributed by atoms with Crippen LogP contribution in [-0.4, -0.2) is 31.0 Å². The van der Waals surface area contributed by atoms with Gasteiger partial charge in [0.25, 0.3) is 11.8 Å². The number of nitrogens with one attached hydrogen (secondary N) is 2. The number of carbonyl (C=O) groups is 1. The van der Waals surface area contributed by atoms with E-state index in [0.717, 1.165) is 11.1 Å². The van der Waals surface area contributed by atoms with E-state index in [9.17, 15) is 13.2 Å². The maximum Gasteiger partial charge on any atom is 0.258 e. The number of nitrogens with zero attached hydrogens (tertiary/aromatic N) is 2. The minimum Gasteiger partial charge on any atom is -0.345 e. The number of amides is 1. The van der Waals surface area contributed by atoms with Gasteiger partial charge in [-0.3, -0.25) is 4.79 Å². The summed E-state index contributed by atoms with van der Waals surface area (Å²) in [5, 5.41) is 6.56. The van der Waals surface area contributed by atoms with Gasteiger partial charge >= 0.3 is 0 Å². The van der Waals surface area contributed by atoms with Gasteiger partial charge in [-0.2, -0.15) is 4.98 Å². The molecule has 9 heteroatoms. The molecule has 1 heterocycles. The zero-order valence-corrected chi connectivity index (χ0v) is 16.6. The molecule has 0 bridgehead atoms. The van der Waals surface area contributed by atoms with Crippen molar-refractivity contribution in [2.75, 3.05) is 6.54 Å². The van der Waals surface area contributed by atoms with Crippen LogP contribution in [0, 0.1) is 6.92 Å². The predicted octanol–water partition coefficient (Wildman–Crippen LogP) is 2.44. The summed E-state index contributed by atoms with van der Waals surface area (Å²) in [6.07, 6.45) is 1.45. The van der Waals surface area contributed by atoms with Gasteiger partial charge in [0, 0.05) is 17.7 Å². The lowest BCUT2D eigenvalue weighted by atomic mass is 10.1. The third-order valence-electron chi connectivity index (χ3n) is 4.10. The molecule has 2 aromatic carbocycles. The molecule has 0 saturated carbocycles. The van der Waals surface area contributed by atoms with Crippen molar-refractivity contribution in [3.63, 3.8) is 0 Å². The Balaban J connectivity index is 1.63. The average Bonchev–Trinajstić information content (AvgIpc) is 3.20. The smallest absolute Gasteiger partial charge is 0.258 e. The first-order chi connectivity index (χ1) is 13.9. The molecule has 3 rings (SSSR count). The quantitative estimate of drug-likeness (QED) is 0.549. The summed E-state index contributed by atoms with van der Waals surface area (Å²) >= 11 is 0. The number of aromatic nitrogens is 2. The van der Waals surface area contributed by atoms with Gasteiger partial charge in [-0.1, -0.05) is 29.4 Å². The van der Waals surface area contributed by atoms with Gasteiger partial charge in [-0.25, -0.2) is 13.1 Å². The Morgan fingerprint density at radius 1 is 1.17 bits per heavy atom. The molecule has 1 aromatic heterocycles. The minimum absolute atomic E-state index is 0.0666. The normalized spacial score (nSPS) is 11.2. The maximum absolute atomic E-state index is 12.3. The summed E-state index contributed by atoms with van der Waals surface area (Å²) in [6, 6.07) is 13.2. The van der Waals surface area contributed by atoms with Crippen LogP contribution >= 0.6 is 0 Å². The highest BCUT2D eigenvalue weighted by Crippen LogP contribution is 2.20. The highest BCUT2D eigenvalue weighted by molar-refractivity contribution is 7.89. The first-order valence-electron chi connectivity index (χ1n) is 8.78. The average molecular weight is 412 g/mol. The maximum atomic E-state index is 12.3. The van der Waals surface area contributed by atoms with Crippen LogP contribution in [0.25, 0.3) is 11.5 Å². The molecule has 0 saturated heterocycles. The number of carbonyl (C=O) groups excluding carboxylic acids is 1. The van der Waals surface area contributed by atoms with Crippen LogP contribution in [0.5, 0.6) is 0 Å². The number of aryl methyl sites for hydroxylation is 1. The van der Waals surface area contributed by atoms with Crippen molar-refractivity contribution >= 4 is 15.9 Å². The topological polar surface area (TPSA) is 114 Å². The van der Waals surface area contributed by atoms with Crippen molar-refractivity contribution in [3.8, 4) is 11.5 Å². The van der Waals surface area contributed by atoms with Crippen LogP contribution in [-0.2, 0) is 16.6 Å². The lowest BCUT2D eigenvalue weighted by Gasteiger charge is -2.06. The molecule has 0 aliphatic heterocycles. The molecular formula is C20H20N4O4S. The van der Waals surface area contributed by atoms with Gasteiger partial charge in [0.1, 0.15) is 0 Å². The lowest BCUT2D eigenvalue weighted by molar-refractivity contribution is 0.0949. The second-order valence-corrected chi connectivity index (χ2v) is 7.95. The molecule has 0 unspecified atom stereocenters. The molecule has 0 atom stereocenters. The lowest BCUT2D eigenvalue weighted by Crippen LogP contribution is -2.25. The van der Waals surface area contributed by atoms with Crippen molar-refractivity contribution in [3.05, 3.63) is 78.1 Å². The Kier molecular flexibility index (Phi) is 6.20. The van der Waals surface area contributed by atoms with Crippen molar-refractivity contribution in [2.45, 2.75) is 18.4 Å². The Morgan fingerprint density at radius 2 is 1.90 bits per heavy atom. The van der Waals surface area contributed by atoms with Gasteiger partial charge < -0.3 is 9.84 Å². The van der Waals surface area contributed by atoms with Crippen LogP contribution in [0.15, 0.2) is 70.6 Å². The number of hydrogen-bond acceptors (Lipinski definition) is 6. The van der Waals surface area contributed by atoms with Gasteiger partial charge in [-0.05, 0) is 42.8 Å². The van der Waals surface area contributed by atoms with E-state index in [-0.39, 0.29) is 23.9 Å². The zero-order valence-electron chi connectivity index (χ0n) is 15.8. The Bertz CT molecular complexity index is 1120. The van der Waals surface area contributed by atoms with Crippen LogP contribution in [0.4, 0.5) is 0 Å². The van der Waals surface area contributed by atoms with Crippen LogP contribution < -0.4 is 10.0 Å². The van der Waals surface area contributed by atoms with E-state index in [1.807, 2.05) is 31.2 Å². The van der Waals surface area contributed by atoms with E-state index in [0.29, 0.717) is 17.3 Å². The minimum atomic E-state index is -3.63. The van der Waals surface area contributed by atoms with E-state index < -0.39 is 10.0 Å². The SMILES string of the molecule is C=CCNS(=O)(=O)c1ccc(C(=O)NCc2noc(-c3ccccc3C)n2)cc1. The molecule has 0 aliphatic rings. The van der Waals surface area contributed by atoms with Gasteiger partial charge in [0.15, 0.2) is 5.82 Å². The number of sulfonamides is 1. The van der Waals surface area contributed by atoms with Crippen molar-refractivity contribution in [2.24, 2.45) is 0 Å². The van der Waals surface area contributed by atoms with E-state index >= 15 is 0 Å². The van der Waals surface area contributed by atoms with Crippen LogP contribution in [0.3, 0.4) is 0 Å². The molecule has 0 radical (unpaired) electrons. The second kappa shape index (κ2) is 8.80. The summed E-state index contributed by atoms with van der Waals surface area (Å²) in [4.78, 5) is 16.7. The Hall–Kier alpha value is -3.30. The fraction of sp³-hybridized carbons (Fsp3) is 0.150. The summed E-state index contributed by atoms with van der Waals surface area (Å²) in [7, 11) is -3.63. The molecule has 29 heavy (non-hydrogen) atoms. The fourth-order valence-electron chi connectivity index (χ4n) is 2.55. The molecule has 2 N–H and O–H groups in total. The predicted molar refractivity (Wildman–Crippen MR) is 107 cm³/mol. The summed E-state index contributed by atoms with van der Waals surface area (Å²) in [5.41, 5.74) is 2.15. The summed E-state index contributed by atoms with van der Waals surface area (Å²) in [6.45, 7) is 5.61. The van der Waals surface area contributed by atoms with Crippen molar-refractivity contribution in [1.29, 1.82) is 0 Å². The van der Waals surface area contributed by atoms with Gasteiger partial charge in [0.05, 0.1) is 11.4 Å². The monoisotopic (exact) mass is 412 g/mol. The van der Waals surface area contributed by atoms with E-state index in [1.54, 1.807) is 0 Å². The third-order valence-corrected chi connectivity index (χ3v) is 5.53. The molecule has 1 amide bonds. The zero-order chi connectivity index (χ0) is 20.9. The van der Waals surface area contributed by atoms with Crippen LogP contribution in [0.2, 0.25) is 0 Å². The largest absolute Gasteiger partial charge is 0.345 e. The third kappa shape index (κ3) is 4.95. The second-order valence-electron chi connectivity index (χ2n) is 6.18. The van der Waals surface area contributed by atoms with Crippen molar-refractivity contribution < 1.29 is 17.7 Å². The number of hydrogen-bond donors (Lipinski definition) is 2. The Morgan fingerprint density at radius 3 is 2.59 bits per heavy atom. The molecule has 8 nitrogen and oxygen atoms in total. The fourth-order valence-corrected chi connectivity index (χ4v) is 3.55. The standard InChI is InChI=1S/C20H20N4O4S/c1-3-12-22-29(26,27)16-10-8-15(9-11-16)19(25)21-13-18-23-20(28-24-18)17-7-5-4-6-14(17)2/h3-11,22H,1,12-13H2,2H3,(H,21,25). The first-order valence-corrected chi connectivity index (χ1v) is 10.3. The molecule has 0 spiro atoms. The van der Waals surface area contributed by atoms with E-state index in [4.69, 9.17) is 4.52 Å². The first kappa shape index (κ1) is 20.4. The van der Waals surface area contributed by atoms with Crippen LogP contribution in [0.1, 0.15) is 21.7 Å². The van der Waals surface area contributed by atoms with E-state index in [2.05, 4.69) is 26.8 Å². The molecule has 150 valence electrons. The molecule has 3 aromatic rings. The molecule has 0 aliphatic carbocycles.